The zero-order chi connectivity index (χ0) is 16.6. The van der Waals surface area contributed by atoms with Gasteiger partial charge in [0, 0.05) is 31.4 Å². The molecule has 0 saturated carbocycles. The number of aromatic nitrogens is 2. The fraction of sp³-hybridized carbons (Fsp3) is 0.438. The second-order valence-electron chi connectivity index (χ2n) is 6.01. The number of benzene rings is 1. The van der Waals surface area contributed by atoms with Crippen molar-refractivity contribution in [3.8, 4) is 0 Å². The van der Waals surface area contributed by atoms with Crippen molar-refractivity contribution in [3.63, 3.8) is 0 Å². The molecule has 7 heteroatoms. The molecule has 6 nitrogen and oxygen atoms in total. The van der Waals surface area contributed by atoms with Gasteiger partial charge >= 0.3 is 0 Å². The summed E-state index contributed by atoms with van der Waals surface area (Å²) in [6, 6.07) is 10.0. The minimum absolute atomic E-state index is 0.0948. The van der Waals surface area contributed by atoms with Gasteiger partial charge in [-0.05, 0) is 32.9 Å². The first-order chi connectivity index (χ1) is 10.9. The third kappa shape index (κ3) is 2.86. The van der Waals surface area contributed by atoms with Crippen LogP contribution >= 0.6 is 0 Å². The van der Waals surface area contributed by atoms with Crippen molar-refractivity contribution in [1.29, 1.82) is 0 Å². The maximum atomic E-state index is 13.0. The number of rotatable bonds is 3. The second-order valence-corrected chi connectivity index (χ2v) is 7.84. The Kier molecular flexibility index (Phi) is 4.16. The molecule has 1 N–H and O–H groups in total. The van der Waals surface area contributed by atoms with E-state index in [2.05, 4.69) is 27.2 Å². The molecule has 2 heterocycles. The lowest BCUT2D eigenvalue weighted by Gasteiger charge is -2.40. The highest BCUT2D eigenvalue weighted by molar-refractivity contribution is 7.89. The predicted octanol–water partition coefficient (Wildman–Crippen LogP) is 1.93. The molecular formula is C16H22N4O2S. The number of aromatic amines is 1. The van der Waals surface area contributed by atoms with E-state index in [0.29, 0.717) is 35.9 Å². The van der Waals surface area contributed by atoms with Crippen LogP contribution in [0.5, 0.6) is 0 Å². The molecule has 0 aliphatic carbocycles. The van der Waals surface area contributed by atoms with E-state index in [1.807, 2.05) is 25.1 Å². The van der Waals surface area contributed by atoms with Crippen LogP contribution in [0.4, 0.5) is 5.69 Å². The van der Waals surface area contributed by atoms with Gasteiger partial charge in [-0.3, -0.25) is 5.10 Å². The molecule has 1 atom stereocenters. The van der Waals surface area contributed by atoms with Crippen LogP contribution in [0.2, 0.25) is 0 Å². The van der Waals surface area contributed by atoms with E-state index in [9.17, 15) is 8.42 Å². The monoisotopic (exact) mass is 334 g/mol. The predicted molar refractivity (Wildman–Crippen MR) is 90.1 cm³/mol. The van der Waals surface area contributed by atoms with E-state index in [1.165, 1.54) is 0 Å². The van der Waals surface area contributed by atoms with Crippen molar-refractivity contribution in [2.24, 2.45) is 0 Å². The number of hydrogen-bond acceptors (Lipinski definition) is 4. The number of piperazine rings is 1. The average molecular weight is 334 g/mol. The van der Waals surface area contributed by atoms with Gasteiger partial charge in [-0.1, -0.05) is 18.2 Å². The molecule has 23 heavy (non-hydrogen) atoms. The van der Waals surface area contributed by atoms with Gasteiger partial charge in [-0.2, -0.15) is 9.40 Å². The molecule has 0 amide bonds. The van der Waals surface area contributed by atoms with Gasteiger partial charge in [0.05, 0.1) is 11.4 Å². The van der Waals surface area contributed by atoms with Crippen molar-refractivity contribution in [2.75, 3.05) is 24.5 Å². The Hall–Kier alpha value is -1.86. The zero-order valence-corrected chi connectivity index (χ0v) is 14.5. The molecule has 3 rings (SSSR count). The molecule has 1 fully saturated rings. The summed E-state index contributed by atoms with van der Waals surface area (Å²) in [6.45, 7) is 7.27. The maximum Gasteiger partial charge on any atom is 0.247 e. The Morgan fingerprint density at radius 2 is 1.87 bits per heavy atom. The van der Waals surface area contributed by atoms with E-state index in [-0.39, 0.29) is 6.04 Å². The van der Waals surface area contributed by atoms with Crippen LogP contribution < -0.4 is 4.90 Å². The van der Waals surface area contributed by atoms with Gasteiger partial charge in [0.2, 0.25) is 10.0 Å². The van der Waals surface area contributed by atoms with Crippen LogP contribution in [-0.2, 0) is 10.0 Å². The molecule has 1 saturated heterocycles. The van der Waals surface area contributed by atoms with Crippen LogP contribution in [0.25, 0.3) is 0 Å². The fourth-order valence-corrected chi connectivity index (χ4v) is 5.16. The number of sulfonamides is 1. The first-order valence-corrected chi connectivity index (χ1v) is 9.18. The molecule has 2 aromatic rings. The molecule has 124 valence electrons. The largest absolute Gasteiger partial charge is 0.369 e. The summed E-state index contributed by atoms with van der Waals surface area (Å²) in [5.74, 6) is 0. The average Bonchev–Trinajstić information content (AvgIpc) is 2.87. The van der Waals surface area contributed by atoms with Crippen LogP contribution in [0, 0.1) is 13.8 Å². The van der Waals surface area contributed by atoms with E-state index < -0.39 is 10.0 Å². The number of para-hydroxylation sites is 1. The number of H-pyrrole nitrogens is 1. The number of anilines is 1. The van der Waals surface area contributed by atoms with Crippen molar-refractivity contribution in [2.45, 2.75) is 31.7 Å². The summed E-state index contributed by atoms with van der Waals surface area (Å²) in [5.41, 5.74) is 2.26. The molecular weight excluding hydrogens is 312 g/mol. The van der Waals surface area contributed by atoms with E-state index in [4.69, 9.17) is 0 Å². The third-order valence-electron chi connectivity index (χ3n) is 4.32. The SMILES string of the molecule is Cc1n[nH]c(C)c1S(=O)(=O)N1CCN(c2ccccc2)CC1C. The lowest BCUT2D eigenvalue weighted by Crippen LogP contribution is -2.54. The normalized spacial score (nSPS) is 20.0. The van der Waals surface area contributed by atoms with Crippen molar-refractivity contribution in [3.05, 3.63) is 41.7 Å². The Morgan fingerprint density at radius 3 is 2.43 bits per heavy atom. The molecule has 1 aromatic carbocycles. The smallest absolute Gasteiger partial charge is 0.247 e. The van der Waals surface area contributed by atoms with Crippen LogP contribution in [-0.4, -0.2) is 48.6 Å². The first-order valence-electron chi connectivity index (χ1n) is 7.74. The quantitative estimate of drug-likeness (QED) is 0.931. The minimum atomic E-state index is -3.52. The van der Waals surface area contributed by atoms with Crippen molar-refractivity contribution in [1.82, 2.24) is 14.5 Å². The van der Waals surface area contributed by atoms with Gasteiger partial charge < -0.3 is 4.90 Å². The Labute approximate surface area is 137 Å². The lowest BCUT2D eigenvalue weighted by molar-refractivity contribution is 0.306. The van der Waals surface area contributed by atoms with Gasteiger partial charge in [-0.15, -0.1) is 0 Å². The topological polar surface area (TPSA) is 69.3 Å². The fourth-order valence-electron chi connectivity index (χ4n) is 3.21. The Balaban J connectivity index is 1.84. The van der Waals surface area contributed by atoms with Crippen LogP contribution in [0.15, 0.2) is 35.2 Å². The Bertz CT molecular complexity index is 766. The minimum Gasteiger partial charge on any atom is -0.369 e. The van der Waals surface area contributed by atoms with E-state index in [1.54, 1.807) is 18.2 Å². The summed E-state index contributed by atoms with van der Waals surface area (Å²) in [6.07, 6.45) is 0. The molecule has 1 aliphatic heterocycles. The number of aryl methyl sites for hydroxylation is 2. The maximum absolute atomic E-state index is 13.0. The second kappa shape index (κ2) is 5.98. The first kappa shape index (κ1) is 16.0. The summed E-state index contributed by atoms with van der Waals surface area (Å²) in [4.78, 5) is 2.55. The molecule has 0 bridgehead atoms. The third-order valence-corrected chi connectivity index (χ3v) is 6.59. The molecule has 1 aliphatic rings. The highest BCUT2D eigenvalue weighted by atomic mass is 32.2. The molecule has 1 aromatic heterocycles. The molecule has 0 spiro atoms. The van der Waals surface area contributed by atoms with E-state index >= 15 is 0 Å². The number of nitrogens with zero attached hydrogens (tertiary/aromatic N) is 3. The summed E-state index contributed by atoms with van der Waals surface area (Å²) in [7, 11) is -3.52. The van der Waals surface area contributed by atoms with Crippen molar-refractivity contribution < 1.29 is 8.42 Å². The van der Waals surface area contributed by atoms with Gasteiger partial charge in [-0.25, -0.2) is 8.42 Å². The van der Waals surface area contributed by atoms with Crippen molar-refractivity contribution >= 4 is 15.7 Å². The zero-order valence-electron chi connectivity index (χ0n) is 13.7. The van der Waals surface area contributed by atoms with Crippen LogP contribution in [0.1, 0.15) is 18.3 Å². The summed E-state index contributed by atoms with van der Waals surface area (Å²) in [5, 5.41) is 6.79. The van der Waals surface area contributed by atoms with Gasteiger partial charge in [0.15, 0.2) is 0 Å². The summed E-state index contributed by atoms with van der Waals surface area (Å²) < 4.78 is 27.6. The van der Waals surface area contributed by atoms with E-state index in [0.717, 1.165) is 5.69 Å². The van der Waals surface area contributed by atoms with Gasteiger partial charge in [0.1, 0.15) is 4.90 Å². The molecule has 0 radical (unpaired) electrons. The highest BCUT2D eigenvalue weighted by Gasteiger charge is 2.36. The van der Waals surface area contributed by atoms with Crippen LogP contribution in [0.3, 0.4) is 0 Å². The number of hydrogen-bond donors (Lipinski definition) is 1. The lowest BCUT2D eigenvalue weighted by atomic mass is 10.2. The Morgan fingerprint density at radius 1 is 1.17 bits per heavy atom. The highest BCUT2D eigenvalue weighted by Crippen LogP contribution is 2.27. The summed E-state index contributed by atoms with van der Waals surface area (Å²) >= 11 is 0. The van der Waals surface area contributed by atoms with Gasteiger partial charge in [0.25, 0.3) is 0 Å². The standard InChI is InChI=1S/C16H22N4O2S/c1-12-11-19(15-7-5-4-6-8-15)9-10-20(12)23(21,22)16-13(2)17-18-14(16)3/h4-8,12H,9-11H2,1-3H3,(H,17,18). The molecule has 1 unspecified atom stereocenters. The number of nitrogens with one attached hydrogen (secondary N) is 1.